The molecule has 0 saturated carbocycles. The summed E-state index contributed by atoms with van der Waals surface area (Å²) in [6.45, 7) is 0. The van der Waals surface area contributed by atoms with Gasteiger partial charge in [-0.1, -0.05) is 5.16 Å². The first-order chi connectivity index (χ1) is 5.88. The van der Waals surface area contributed by atoms with E-state index in [4.69, 9.17) is 5.26 Å². The molecule has 60 valence electrons. The van der Waals surface area contributed by atoms with Crippen LogP contribution in [0.15, 0.2) is 29.7 Å². The molecule has 0 N–H and O–H groups in total. The van der Waals surface area contributed by atoms with E-state index in [2.05, 4.69) is 15.0 Å². The van der Waals surface area contributed by atoms with E-state index < -0.39 is 0 Å². The number of aromatic nitrogens is 1. The fourth-order valence-electron chi connectivity index (χ4n) is 0.732. The molecule has 0 fully saturated rings. The molecule has 0 aliphatic carbocycles. The average molecular weight is 161 g/mol. The monoisotopic (exact) mass is 161 g/mol. The minimum absolute atomic E-state index is 0.227. The maximum atomic E-state index is 8.62. The van der Waals surface area contributed by atoms with Gasteiger partial charge in [-0.2, -0.15) is 5.26 Å². The third-order valence-corrected chi connectivity index (χ3v) is 1.22. The van der Waals surface area contributed by atoms with Crippen molar-refractivity contribution >= 4 is 5.71 Å². The summed E-state index contributed by atoms with van der Waals surface area (Å²) in [5.41, 5.74) is 0.882. The lowest BCUT2D eigenvalue weighted by Gasteiger charge is -1.94. The number of hydrogen-bond acceptors (Lipinski definition) is 4. The molecule has 0 bridgehead atoms. The van der Waals surface area contributed by atoms with Gasteiger partial charge in [0.15, 0.2) is 5.71 Å². The van der Waals surface area contributed by atoms with Crippen LogP contribution in [0.3, 0.4) is 0 Å². The van der Waals surface area contributed by atoms with E-state index in [1.54, 1.807) is 24.5 Å². The smallest absolute Gasteiger partial charge is 0.188 e. The Hall–Kier alpha value is -1.89. The van der Waals surface area contributed by atoms with Crippen LogP contribution in [0, 0.1) is 11.3 Å². The molecular formula is C8H7N3O. The first-order valence-electron chi connectivity index (χ1n) is 3.30. The molecule has 0 spiro atoms. The highest BCUT2D eigenvalue weighted by atomic mass is 16.6. The van der Waals surface area contributed by atoms with Crippen LogP contribution in [0.1, 0.15) is 5.56 Å². The minimum atomic E-state index is 0.227. The average Bonchev–Trinajstić information content (AvgIpc) is 2.15. The summed E-state index contributed by atoms with van der Waals surface area (Å²) in [6.07, 6.45) is 3.19. The summed E-state index contributed by atoms with van der Waals surface area (Å²) in [4.78, 5) is 8.34. The zero-order chi connectivity index (χ0) is 8.81. The molecule has 0 radical (unpaired) electrons. The molecule has 12 heavy (non-hydrogen) atoms. The van der Waals surface area contributed by atoms with Crippen LogP contribution < -0.4 is 0 Å². The van der Waals surface area contributed by atoms with Gasteiger partial charge >= 0.3 is 0 Å². The number of nitriles is 1. The minimum Gasteiger partial charge on any atom is -0.398 e. The number of nitrogens with zero attached hydrogens (tertiary/aromatic N) is 3. The van der Waals surface area contributed by atoms with Crippen molar-refractivity contribution in [3.8, 4) is 6.07 Å². The Bertz CT molecular complexity index is 313. The van der Waals surface area contributed by atoms with Gasteiger partial charge in [0, 0.05) is 18.0 Å². The molecule has 1 aromatic rings. The molecule has 0 amide bonds. The molecule has 1 rings (SSSR count). The van der Waals surface area contributed by atoms with Gasteiger partial charge in [-0.3, -0.25) is 4.98 Å². The van der Waals surface area contributed by atoms with E-state index in [9.17, 15) is 0 Å². The number of pyridine rings is 1. The second-order valence-corrected chi connectivity index (χ2v) is 1.98. The molecule has 0 aliphatic rings. The Morgan fingerprint density at radius 2 is 2.58 bits per heavy atom. The predicted octanol–water partition coefficient (Wildman–Crippen LogP) is 0.956. The normalized spacial score (nSPS) is 10.5. The summed E-state index contributed by atoms with van der Waals surface area (Å²) in [6, 6.07) is 5.38. The Balaban J connectivity index is 2.98. The molecule has 0 aliphatic heterocycles. The van der Waals surface area contributed by atoms with Crippen molar-refractivity contribution in [3.63, 3.8) is 0 Å². The fraction of sp³-hybridized carbons (Fsp3) is 0.125. The van der Waals surface area contributed by atoms with Gasteiger partial charge in [-0.15, -0.1) is 0 Å². The molecule has 4 heteroatoms. The van der Waals surface area contributed by atoms with Crippen molar-refractivity contribution < 1.29 is 4.84 Å². The van der Waals surface area contributed by atoms with Gasteiger partial charge in [0.25, 0.3) is 0 Å². The van der Waals surface area contributed by atoms with Crippen LogP contribution in [-0.4, -0.2) is 17.8 Å². The number of hydrogen-bond donors (Lipinski definition) is 0. The lowest BCUT2D eigenvalue weighted by Crippen LogP contribution is -1.97. The highest BCUT2D eigenvalue weighted by Crippen LogP contribution is 1.97. The summed E-state index contributed by atoms with van der Waals surface area (Å²) in [5, 5.41) is 12.2. The van der Waals surface area contributed by atoms with Gasteiger partial charge in [0.05, 0.1) is 0 Å². The standard InChI is InChI=1S/C8H7N3O/c1-12-11-8(5-9)7-3-2-4-10-6-7/h2-4,6H,1H3. The largest absolute Gasteiger partial charge is 0.398 e. The van der Waals surface area contributed by atoms with E-state index >= 15 is 0 Å². The van der Waals surface area contributed by atoms with Gasteiger partial charge in [-0.25, -0.2) is 0 Å². The van der Waals surface area contributed by atoms with Crippen LogP contribution in [0.25, 0.3) is 0 Å². The van der Waals surface area contributed by atoms with Gasteiger partial charge in [0.2, 0.25) is 0 Å². The van der Waals surface area contributed by atoms with E-state index in [-0.39, 0.29) is 5.71 Å². The molecule has 1 heterocycles. The lowest BCUT2D eigenvalue weighted by molar-refractivity contribution is 0.214. The van der Waals surface area contributed by atoms with Crippen LogP contribution in [0.2, 0.25) is 0 Å². The predicted molar refractivity (Wildman–Crippen MR) is 43.4 cm³/mol. The van der Waals surface area contributed by atoms with Gasteiger partial charge < -0.3 is 4.84 Å². The summed E-state index contributed by atoms with van der Waals surface area (Å²) >= 11 is 0. The Morgan fingerprint density at radius 3 is 3.08 bits per heavy atom. The van der Waals surface area contributed by atoms with E-state index in [0.717, 1.165) is 0 Å². The molecule has 0 atom stereocenters. The van der Waals surface area contributed by atoms with Crippen LogP contribution in [0.4, 0.5) is 0 Å². The molecular weight excluding hydrogens is 154 g/mol. The van der Waals surface area contributed by atoms with Crippen molar-refractivity contribution in [2.45, 2.75) is 0 Å². The van der Waals surface area contributed by atoms with E-state index in [1.165, 1.54) is 7.11 Å². The third kappa shape index (κ3) is 1.80. The maximum absolute atomic E-state index is 8.62. The fourth-order valence-corrected chi connectivity index (χ4v) is 0.732. The lowest BCUT2D eigenvalue weighted by atomic mass is 10.2. The molecule has 0 saturated heterocycles. The summed E-state index contributed by atoms with van der Waals surface area (Å²) in [7, 11) is 1.40. The van der Waals surface area contributed by atoms with E-state index in [1.807, 2.05) is 6.07 Å². The maximum Gasteiger partial charge on any atom is 0.188 e. The Morgan fingerprint density at radius 1 is 1.75 bits per heavy atom. The van der Waals surface area contributed by atoms with Crippen molar-refractivity contribution in [2.24, 2.45) is 5.16 Å². The zero-order valence-electron chi connectivity index (χ0n) is 6.56. The number of rotatable bonds is 2. The summed E-state index contributed by atoms with van der Waals surface area (Å²) < 4.78 is 0. The van der Waals surface area contributed by atoms with Gasteiger partial charge in [0.1, 0.15) is 13.2 Å². The Labute approximate surface area is 70.1 Å². The van der Waals surface area contributed by atoms with Crippen molar-refractivity contribution in [3.05, 3.63) is 30.1 Å². The quantitative estimate of drug-likeness (QED) is 0.479. The molecule has 4 nitrogen and oxygen atoms in total. The highest BCUT2D eigenvalue weighted by molar-refractivity contribution is 6.11. The molecule has 1 aromatic heterocycles. The topological polar surface area (TPSA) is 58.3 Å². The number of oxime groups is 1. The van der Waals surface area contributed by atoms with E-state index in [0.29, 0.717) is 5.56 Å². The van der Waals surface area contributed by atoms with Crippen LogP contribution in [-0.2, 0) is 4.84 Å². The first kappa shape index (κ1) is 8.21. The third-order valence-electron chi connectivity index (χ3n) is 1.22. The molecule has 0 unspecified atom stereocenters. The molecule has 0 aromatic carbocycles. The SMILES string of the molecule is CON=C(C#N)c1cccnc1. The van der Waals surface area contributed by atoms with Crippen LogP contribution in [0.5, 0.6) is 0 Å². The second-order valence-electron chi connectivity index (χ2n) is 1.98. The van der Waals surface area contributed by atoms with Crippen LogP contribution >= 0.6 is 0 Å². The first-order valence-corrected chi connectivity index (χ1v) is 3.30. The zero-order valence-corrected chi connectivity index (χ0v) is 6.56. The second kappa shape index (κ2) is 4.09. The highest BCUT2D eigenvalue weighted by Gasteiger charge is 2.00. The van der Waals surface area contributed by atoms with Crippen molar-refractivity contribution in [1.29, 1.82) is 5.26 Å². The Kier molecular flexibility index (Phi) is 2.79. The van der Waals surface area contributed by atoms with Gasteiger partial charge in [-0.05, 0) is 12.1 Å². The summed E-state index contributed by atoms with van der Waals surface area (Å²) in [5.74, 6) is 0. The van der Waals surface area contributed by atoms with Crippen molar-refractivity contribution in [1.82, 2.24) is 4.98 Å². The van der Waals surface area contributed by atoms with Crippen molar-refractivity contribution in [2.75, 3.05) is 7.11 Å².